The van der Waals surface area contributed by atoms with E-state index in [4.69, 9.17) is 25.8 Å². The number of ether oxygens (including phenoxy) is 3. The van der Waals surface area contributed by atoms with Crippen LogP contribution in [0.2, 0.25) is 5.02 Å². The molecule has 0 spiro atoms. The zero-order valence-electron chi connectivity index (χ0n) is 21.5. The second-order valence-electron chi connectivity index (χ2n) is 8.77. The van der Waals surface area contributed by atoms with Crippen molar-refractivity contribution in [2.75, 3.05) is 26.6 Å². The number of nitrogens with one attached hydrogen (secondary N) is 1. The summed E-state index contributed by atoms with van der Waals surface area (Å²) in [6.07, 6.45) is 7.22. The molecule has 0 atom stereocenters. The number of hydrogen-bond donors (Lipinski definition) is 2. The number of carboxylic acids is 1. The van der Waals surface area contributed by atoms with Crippen LogP contribution >= 0.6 is 11.6 Å². The van der Waals surface area contributed by atoms with Gasteiger partial charge in [0.1, 0.15) is 18.1 Å². The van der Waals surface area contributed by atoms with Crippen molar-refractivity contribution in [3.05, 3.63) is 56.6 Å². The van der Waals surface area contributed by atoms with E-state index in [-0.39, 0.29) is 23.2 Å². The first kappa shape index (κ1) is 27.4. The van der Waals surface area contributed by atoms with Gasteiger partial charge in [0.15, 0.2) is 0 Å². The zero-order chi connectivity index (χ0) is 26.4. The number of anilines is 1. The highest BCUT2D eigenvalue weighted by atomic mass is 35.5. The summed E-state index contributed by atoms with van der Waals surface area (Å²) in [5.74, 6) is -0.288. The van der Waals surface area contributed by atoms with E-state index in [0.717, 1.165) is 47.9 Å². The third-order valence-corrected chi connectivity index (χ3v) is 6.94. The fourth-order valence-corrected chi connectivity index (χ4v) is 5.10. The first-order chi connectivity index (χ1) is 17.3. The Morgan fingerprint density at radius 1 is 1.22 bits per heavy atom. The molecule has 1 aliphatic heterocycles. The Morgan fingerprint density at radius 2 is 1.97 bits per heavy atom. The lowest BCUT2D eigenvalue weighted by Crippen LogP contribution is -2.09. The molecule has 0 unspecified atom stereocenters. The van der Waals surface area contributed by atoms with Gasteiger partial charge in [0.2, 0.25) is 0 Å². The highest BCUT2D eigenvalue weighted by molar-refractivity contribution is 6.34. The Labute approximate surface area is 217 Å². The standard InChI is InChI=1S/C28H34ClNO6/c1-6-7-8-9-10-17(20-13-18(34-4)14-22(29)23(20)27(31)32)11-12-19-25(30-3)24-21(15-36-28(24)33)16(2)26(19)35-5/h11,13-14,30H,6-10,12,15H2,1-5H3,(H,31,32)/b17-11-. The third kappa shape index (κ3) is 5.46. The molecule has 0 saturated heterocycles. The Kier molecular flexibility index (Phi) is 9.26. The lowest BCUT2D eigenvalue weighted by molar-refractivity contribution is 0.0535. The molecule has 8 heteroatoms. The SMILES string of the molecule is CCCCCC/C(=C/Cc1c(NC)c2c(c(C)c1OC)COC2=O)c1cc(OC)cc(Cl)c1C(=O)O. The molecule has 0 bridgehead atoms. The largest absolute Gasteiger partial charge is 0.497 e. The molecule has 3 rings (SSSR count). The van der Waals surface area contributed by atoms with Gasteiger partial charge in [-0.1, -0.05) is 43.9 Å². The molecule has 0 saturated carbocycles. The number of allylic oxidation sites excluding steroid dienone is 2. The number of cyclic esters (lactones) is 1. The molecule has 0 aromatic heterocycles. The number of methoxy groups -OCH3 is 2. The minimum absolute atomic E-state index is 0.0497. The number of unbranched alkanes of at least 4 members (excludes halogenated alkanes) is 3. The van der Waals surface area contributed by atoms with E-state index in [0.29, 0.717) is 41.2 Å². The van der Waals surface area contributed by atoms with Gasteiger partial charge in [0.05, 0.1) is 36.1 Å². The summed E-state index contributed by atoms with van der Waals surface area (Å²) in [7, 11) is 4.89. The van der Waals surface area contributed by atoms with Crippen LogP contribution in [0.4, 0.5) is 5.69 Å². The quantitative estimate of drug-likeness (QED) is 0.241. The summed E-state index contributed by atoms with van der Waals surface area (Å²) in [6.45, 7) is 4.28. The summed E-state index contributed by atoms with van der Waals surface area (Å²) < 4.78 is 16.5. The number of benzene rings is 2. The first-order valence-electron chi connectivity index (χ1n) is 12.2. The van der Waals surface area contributed by atoms with Crippen molar-refractivity contribution in [2.45, 2.75) is 59.0 Å². The van der Waals surface area contributed by atoms with Crippen molar-refractivity contribution < 1.29 is 28.9 Å². The summed E-state index contributed by atoms with van der Waals surface area (Å²) in [5, 5.41) is 13.2. The Balaban J connectivity index is 2.17. The van der Waals surface area contributed by atoms with Crippen LogP contribution < -0.4 is 14.8 Å². The number of carbonyl (C=O) groups is 2. The van der Waals surface area contributed by atoms with Crippen molar-refractivity contribution in [1.29, 1.82) is 0 Å². The van der Waals surface area contributed by atoms with E-state index in [1.54, 1.807) is 20.2 Å². The van der Waals surface area contributed by atoms with Crippen molar-refractivity contribution in [1.82, 2.24) is 0 Å². The van der Waals surface area contributed by atoms with Gasteiger partial charge >= 0.3 is 11.9 Å². The Bertz CT molecular complexity index is 1190. The van der Waals surface area contributed by atoms with Crippen LogP contribution in [-0.4, -0.2) is 38.3 Å². The van der Waals surface area contributed by atoms with Crippen LogP contribution in [0.5, 0.6) is 11.5 Å². The van der Waals surface area contributed by atoms with Gasteiger partial charge in [0.25, 0.3) is 0 Å². The van der Waals surface area contributed by atoms with Gasteiger partial charge in [-0.2, -0.15) is 0 Å². The lowest BCUT2D eigenvalue weighted by Gasteiger charge is -2.19. The van der Waals surface area contributed by atoms with Crippen molar-refractivity contribution in [3.63, 3.8) is 0 Å². The zero-order valence-corrected chi connectivity index (χ0v) is 22.3. The van der Waals surface area contributed by atoms with E-state index >= 15 is 0 Å². The van der Waals surface area contributed by atoms with Crippen LogP contribution in [0.25, 0.3) is 5.57 Å². The van der Waals surface area contributed by atoms with E-state index < -0.39 is 5.97 Å². The van der Waals surface area contributed by atoms with Gasteiger partial charge in [-0.15, -0.1) is 0 Å². The molecule has 36 heavy (non-hydrogen) atoms. The van der Waals surface area contributed by atoms with Gasteiger partial charge in [0, 0.05) is 18.2 Å². The van der Waals surface area contributed by atoms with Gasteiger partial charge in [-0.05, 0) is 55.0 Å². The summed E-state index contributed by atoms with van der Waals surface area (Å²) in [5.41, 5.74) is 5.13. The van der Waals surface area contributed by atoms with Crippen LogP contribution in [0.1, 0.15) is 82.0 Å². The molecule has 1 heterocycles. The Hall–Kier alpha value is -3.19. The normalized spacial score (nSPS) is 12.8. The van der Waals surface area contributed by atoms with Crippen molar-refractivity contribution in [3.8, 4) is 11.5 Å². The average molecular weight is 516 g/mol. The van der Waals surface area contributed by atoms with Gasteiger partial charge < -0.3 is 24.6 Å². The molecule has 7 nitrogen and oxygen atoms in total. The molecule has 0 fully saturated rings. The van der Waals surface area contributed by atoms with Crippen LogP contribution in [0, 0.1) is 6.92 Å². The van der Waals surface area contributed by atoms with Gasteiger partial charge in [-0.3, -0.25) is 0 Å². The van der Waals surface area contributed by atoms with E-state index in [2.05, 4.69) is 12.2 Å². The molecule has 0 aliphatic carbocycles. The smallest absolute Gasteiger partial charge is 0.341 e. The van der Waals surface area contributed by atoms with E-state index in [1.807, 2.05) is 13.0 Å². The number of carbonyl (C=O) groups excluding carboxylic acids is 1. The lowest BCUT2D eigenvalue weighted by atomic mass is 9.90. The number of aromatic carboxylic acids is 1. The van der Waals surface area contributed by atoms with Crippen LogP contribution in [-0.2, 0) is 17.8 Å². The van der Waals surface area contributed by atoms with Crippen molar-refractivity contribution >= 4 is 34.8 Å². The van der Waals surface area contributed by atoms with Gasteiger partial charge in [-0.25, -0.2) is 9.59 Å². The highest BCUT2D eigenvalue weighted by Crippen LogP contribution is 2.42. The molecule has 194 valence electrons. The fraction of sp³-hybridized carbons (Fsp3) is 0.429. The molecule has 2 N–H and O–H groups in total. The number of esters is 1. The predicted molar refractivity (Wildman–Crippen MR) is 142 cm³/mol. The second kappa shape index (κ2) is 12.2. The first-order valence-corrected chi connectivity index (χ1v) is 12.5. The second-order valence-corrected chi connectivity index (χ2v) is 9.18. The number of carboxylic acid groups (broad SMARTS) is 1. The summed E-state index contributed by atoms with van der Waals surface area (Å²) >= 11 is 6.38. The van der Waals surface area contributed by atoms with Crippen LogP contribution in [0.15, 0.2) is 18.2 Å². The average Bonchev–Trinajstić information content (AvgIpc) is 3.24. The number of hydrogen-bond acceptors (Lipinski definition) is 6. The molecule has 2 aromatic rings. The molecule has 0 amide bonds. The summed E-state index contributed by atoms with van der Waals surface area (Å²) in [4.78, 5) is 24.7. The van der Waals surface area contributed by atoms with E-state index in [1.165, 1.54) is 13.2 Å². The molecule has 1 aliphatic rings. The number of halogens is 1. The summed E-state index contributed by atoms with van der Waals surface area (Å²) in [6, 6.07) is 3.24. The fourth-order valence-electron chi connectivity index (χ4n) is 4.81. The molecular formula is C28H34ClNO6. The molecular weight excluding hydrogens is 482 g/mol. The topological polar surface area (TPSA) is 94.1 Å². The highest BCUT2D eigenvalue weighted by Gasteiger charge is 2.31. The molecule has 2 aromatic carbocycles. The van der Waals surface area contributed by atoms with Crippen LogP contribution in [0.3, 0.4) is 0 Å². The van der Waals surface area contributed by atoms with E-state index in [9.17, 15) is 14.7 Å². The monoisotopic (exact) mass is 515 g/mol. The minimum atomic E-state index is -1.10. The maximum atomic E-state index is 12.5. The minimum Gasteiger partial charge on any atom is -0.497 e. The number of fused-ring (bicyclic) bond motifs is 1. The number of rotatable bonds is 12. The molecule has 0 radical (unpaired) electrons. The van der Waals surface area contributed by atoms with Crippen molar-refractivity contribution in [2.24, 2.45) is 0 Å². The predicted octanol–water partition coefficient (Wildman–Crippen LogP) is 6.67. The maximum absolute atomic E-state index is 12.5. The maximum Gasteiger partial charge on any atom is 0.341 e. The third-order valence-electron chi connectivity index (χ3n) is 6.64. The Morgan fingerprint density at radius 3 is 2.58 bits per heavy atom.